The van der Waals surface area contributed by atoms with Crippen molar-refractivity contribution in [1.82, 2.24) is 0 Å². The van der Waals surface area contributed by atoms with E-state index in [4.69, 9.17) is 5.11 Å². The molecule has 0 aromatic heterocycles. The van der Waals surface area contributed by atoms with Gasteiger partial charge in [0, 0.05) is 5.92 Å². The van der Waals surface area contributed by atoms with E-state index in [0.717, 1.165) is 0 Å². The Hall–Kier alpha value is -2.03. The van der Waals surface area contributed by atoms with E-state index in [1.165, 1.54) is 0 Å². The second kappa shape index (κ2) is 4.23. The van der Waals surface area contributed by atoms with Crippen molar-refractivity contribution in [3.05, 3.63) is 35.1 Å². The van der Waals surface area contributed by atoms with Gasteiger partial charge < -0.3 is 5.11 Å². The Morgan fingerprint density at radius 3 is 2.44 bits per heavy atom. The molecule has 16 heavy (non-hydrogen) atoms. The zero-order valence-corrected chi connectivity index (χ0v) is 7.60. The van der Waals surface area contributed by atoms with Crippen molar-refractivity contribution >= 4 is 5.97 Å². The summed E-state index contributed by atoms with van der Waals surface area (Å²) in [7, 11) is 0. The summed E-state index contributed by atoms with van der Waals surface area (Å²) in [4.78, 5) is 10.0. The SMILES string of the molecule is O=C(O)C#Cc1cc(C(F)(F)F)ccc1F. The minimum atomic E-state index is -4.62. The minimum Gasteiger partial charge on any atom is -0.472 e. The van der Waals surface area contributed by atoms with Gasteiger partial charge in [0.25, 0.3) is 0 Å². The fourth-order valence-electron chi connectivity index (χ4n) is 0.918. The van der Waals surface area contributed by atoms with E-state index < -0.39 is 29.1 Å². The van der Waals surface area contributed by atoms with E-state index in [1.807, 2.05) is 0 Å². The Bertz CT molecular complexity index is 480. The van der Waals surface area contributed by atoms with Crippen molar-refractivity contribution in [2.24, 2.45) is 0 Å². The van der Waals surface area contributed by atoms with Crippen molar-refractivity contribution in [3.8, 4) is 11.8 Å². The summed E-state index contributed by atoms with van der Waals surface area (Å²) in [6, 6.07) is 1.61. The Kier molecular flexibility index (Phi) is 3.18. The first kappa shape index (κ1) is 12.0. The first-order valence-corrected chi connectivity index (χ1v) is 3.92. The van der Waals surface area contributed by atoms with Gasteiger partial charge in [-0.05, 0) is 18.2 Å². The van der Waals surface area contributed by atoms with Gasteiger partial charge in [0.15, 0.2) is 0 Å². The summed E-state index contributed by atoms with van der Waals surface area (Å²) in [5.74, 6) is 0.798. The lowest BCUT2D eigenvalue weighted by Gasteiger charge is -2.06. The molecule has 0 saturated carbocycles. The highest BCUT2D eigenvalue weighted by Gasteiger charge is 2.30. The topological polar surface area (TPSA) is 37.3 Å². The number of carbonyl (C=O) groups is 1. The minimum absolute atomic E-state index is 0.464. The van der Waals surface area contributed by atoms with E-state index >= 15 is 0 Å². The van der Waals surface area contributed by atoms with E-state index in [-0.39, 0.29) is 0 Å². The Morgan fingerprint density at radius 1 is 1.31 bits per heavy atom. The number of alkyl halides is 3. The Labute approximate surface area is 87.5 Å². The van der Waals surface area contributed by atoms with Crippen molar-refractivity contribution in [3.63, 3.8) is 0 Å². The van der Waals surface area contributed by atoms with Crippen LogP contribution in [0.5, 0.6) is 0 Å². The standard InChI is InChI=1S/C10H4F4O2/c11-8-3-2-7(10(12,13)14)5-6(8)1-4-9(15)16/h2-3,5H,(H,15,16). The summed E-state index contributed by atoms with van der Waals surface area (Å²) < 4.78 is 49.6. The zero-order valence-electron chi connectivity index (χ0n) is 7.60. The summed E-state index contributed by atoms with van der Waals surface area (Å²) in [5.41, 5.74) is -1.68. The number of aliphatic carboxylic acids is 1. The van der Waals surface area contributed by atoms with Crippen LogP contribution >= 0.6 is 0 Å². The molecule has 0 aliphatic heterocycles. The maximum atomic E-state index is 12.9. The van der Waals surface area contributed by atoms with Crippen molar-refractivity contribution in [2.45, 2.75) is 6.18 Å². The molecule has 0 aliphatic rings. The fourth-order valence-corrected chi connectivity index (χ4v) is 0.918. The molecule has 1 aromatic rings. The van der Waals surface area contributed by atoms with Gasteiger partial charge >= 0.3 is 12.1 Å². The summed E-state index contributed by atoms with van der Waals surface area (Å²) in [6.07, 6.45) is -4.62. The molecule has 0 bridgehead atoms. The summed E-state index contributed by atoms with van der Waals surface area (Å²) >= 11 is 0. The van der Waals surface area contributed by atoms with Crippen LogP contribution in [0, 0.1) is 17.7 Å². The second-order valence-electron chi connectivity index (χ2n) is 2.75. The highest BCUT2D eigenvalue weighted by molar-refractivity contribution is 5.87. The quantitative estimate of drug-likeness (QED) is 0.550. The van der Waals surface area contributed by atoms with Gasteiger partial charge in [0.2, 0.25) is 0 Å². The molecule has 0 aliphatic carbocycles. The highest BCUT2D eigenvalue weighted by atomic mass is 19.4. The monoisotopic (exact) mass is 232 g/mol. The molecular weight excluding hydrogens is 228 g/mol. The molecule has 0 unspecified atom stereocenters. The second-order valence-corrected chi connectivity index (χ2v) is 2.75. The van der Waals surface area contributed by atoms with E-state index in [2.05, 4.69) is 0 Å². The lowest BCUT2D eigenvalue weighted by atomic mass is 10.1. The number of halogens is 4. The van der Waals surface area contributed by atoms with Crippen LogP contribution in [0.1, 0.15) is 11.1 Å². The molecule has 0 spiro atoms. The van der Waals surface area contributed by atoms with Gasteiger partial charge in [-0.15, -0.1) is 0 Å². The molecule has 0 amide bonds. The third-order valence-corrected chi connectivity index (χ3v) is 1.60. The smallest absolute Gasteiger partial charge is 0.416 e. The van der Waals surface area contributed by atoms with Crippen molar-refractivity contribution in [1.29, 1.82) is 0 Å². The number of hydrogen-bond donors (Lipinski definition) is 1. The van der Waals surface area contributed by atoms with Crippen LogP contribution in [0.3, 0.4) is 0 Å². The molecule has 2 nitrogen and oxygen atoms in total. The maximum absolute atomic E-state index is 12.9. The molecule has 1 rings (SSSR count). The molecule has 0 radical (unpaired) electrons. The third kappa shape index (κ3) is 2.98. The highest BCUT2D eigenvalue weighted by Crippen LogP contribution is 2.30. The number of rotatable bonds is 0. The van der Waals surface area contributed by atoms with Gasteiger partial charge in [-0.3, -0.25) is 0 Å². The number of carboxylic acid groups (broad SMARTS) is 1. The van der Waals surface area contributed by atoms with Gasteiger partial charge in [-0.25, -0.2) is 9.18 Å². The van der Waals surface area contributed by atoms with Crippen LogP contribution in [-0.2, 0) is 11.0 Å². The van der Waals surface area contributed by atoms with Gasteiger partial charge in [0.1, 0.15) is 5.82 Å². The molecule has 0 saturated heterocycles. The van der Waals surface area contributed by atoms with Gasteiger partial charge in [-0.1, -0.05) is 5.92 Å². The number of hydrogen-bond acceptors (Lipinski definition) is 1. The number of benzene rings is 1. The van der Waals surface area contributed by atoms with Gasteiger partial charge in [-0.2, -0.15) is 13.2 Å². The lowest BCUT2D eigenvalue weighted by Crippen LogP contribution is -2.05. The molecule has 1 N–H and O–H groups in total. The van der Waals surface area contributed by atoms with Crippen LogP contribution in [0.25, 0.3) is 0 Å². The van der Waals surface area contributed by atoms with E-state index in [9.17, 15) is 22.4 Å². The molecule has 1 aromatic carbocycles. The molecular formula is C10H4F4O2. The molecule has 6 heteroatoms. The first-order chi connectivity index (χ1) is 7.30. The number of carboxylic acids is 1. The average Bonchev–Trinajstić information content (AvgIpc) is 2.14. The molecule has 0 fully saturated rings. The predicted octanol–water partition coefficient (Wildman–Crippen LogP) is 2.28. The van der Waals surface area contributed by atoms with E-state index in [0.29, 0.717) is 18.2 Å². The largest absolute Gasteiger partial charge is 0.472 e. The third-order valence-electron chi connectivity index (χ3n) is 1.60. The Balaban J connectivity index is 3.21. The lowest BCUT2D eigenvalue weighted by molar-refractivity contribution is -0.137. The summed E-state index contributed by atoms with van der Waals surface area (Å²) in [6.45, 7) is 0. The molecule has 0 heterocycles. The molecule has 0 atom stereocenters. The Morgan fingerprint density at radius 2 is 1.94 bits per heavy atom. The van der Waals surface area contributed by atoms with E-state index in [1.54, 1.807) is 11.8 Å². The summed E-state index contributed by atoms with van der Waals surface area (Å²) in [5, 5.41) is 8.18. The van der Waals surface area contributed by atoms with Gasteiger partial charge in [0.05, 0.1) is 11.1 Å². The molecule has 84 valence electrons. The van der Waals surface area contributed by atoms with Crippen molar-refractivity contribution < 1.29 is 27.5 Å². The van der Waals surface area contributed by atoms with Crippen LogP contribution in [0.4, 0.5) is 17.6 Å². The van der Waals surface area contributed by atoms with Crippen LogP contribution < -0.4 is 0 Å². The van der Waals surface area contributed by atoms with Crippen LogP contribution in [0.15, 0.2) is 18.2 Å². The average molecular weight is 232 g/mol. The van der Waals surface area contributed by atoms with Crippen LogP contribution in [0.2, 0.25) is 0 Å². The van der Waals surface area contributed by atoms with Crippen molar-refractivity contribution in [2.75, 3.05) is 0 Å². The van der Waals surface area contributed by atoms with Crippen LogP contribution in [-0.4, -0.2) is 11.1 Å². The predicted molar refractivity (Wildman–Crippen MR) is 45.9 cm³/mol. The zero-order chi connectivity index (χ0) is 12.3. The normalized spacial score (nSPS) is 10.5. The first-order valence-electron chi connectivity index (χ1n) is 3.92. The fraction of sp³-hybridized carbons (Fsp3) is 0.100. The maximum Gasteiger partial charge on any atom is 0.416 e.